The van der Waals surface area contributed by atoms with Gasteiger partial charge in [-0.1, -0.05) is 6.07 Å². The number of rotatable bonds is 7. The Bertz CT molecular complexity index is 1210. The number of hydrogen-bond acceptors (Lipinski definition) is 7. The minimum atomic E-state index is -1.32. The van der Waals surface area contributed by atoms with Gasteiger partial charge >= 0.3 is 6.03 Å². The Kier molecular flexibility index (Phi) is 5.66. The number of hydrogen-bond donors (Lipinski definition) is 2. The van der Waals surface area contributed by atoms with E-state index < -0.39 is 29.9 Å². The molecule has 3 heterocycles. The third kappa shape index (κ3) is 4.09. The summed E-state index contributed by atoms with van der Waals surface area (Å²) in [6.45, 7) is 5.83. The quantitative estimate of drug-likeness (QED) is 0.583. The molecule has 1 fully saturated rings. The third-order valence-electron chi connectivity index (χ3n) is 6.38. The van der Waals surface area contributed by atoms with Crippen LogP contribution in [0.5, 0.6) is 23.0 Å². The number of nitrogens with zero attached hydrogens (tertiary/aromatic N) is 1. The van der Waals surface area contributed by atoms with Crippen molar-refractivity contribution in [3.8, 4) is 23.0 Å². The Morgan fingerprint density at radius 3 is 2.80 bits per heavy atom. The van der Waals surface area contributed by atoms with E-state index >= 15 is 0 Å². The molecule has 5 rings (SSSR count). The fourth-order valence-electron chi connectivity index (χ4n) is 4.55. The Hall–Kier alpha value is -3.95. The lowest BCUT2D eigenvalue weighted by molar-refractivity contribution is -0.134. The largest absolute Gasteiger partial charge is 0.494 e. The van der Waals surface area contributed by atoms with Crippen molar-refractivity contribution in [1.82, 2.24) is 15.5 Å². The van der Waals surface area contributed by atoms with Crippen LogP contribution in [0.3, 0.4) is 0 Å². The van der Waals surface area contributed by atoms with E-state index in [1.807, 2.05) is 26.0 Å². The average molecular weight is 482 g/mol. The van der Waals surface area contributed by atoms with Crippen LogP contribution >= 0.6 is 0 Å². The summed E-state index contributed by atoms with van der Waals surface area (Å²) in [6, 6.07) is 8.22. The molecule has 0 aromatic heterocycles. The fraction of sp³-hybridized carbons (Fsp3) is 0.400. The molecule has 10 nitrogen and oxygen atoms in total. The highest BCUT2D eigenvalue weighted by molar-refractivity contribution is 6.09. The van der Waals surface area contributed by atoms with Crippen LogP contribution in [0, 0.1) is 0 Å². The van der Waals surface area contributed by atoms with Crippen LogP contribution in [-0.2, 0) is 28.1 Å². The van der Waals surface area contributed by atoms with Gasteiger partial charge in [-0.25, -0.2) is 4.79 Å². The highest BCUT2D eigenvalue weighted by atomic mass is 16.7. The summed E-state index contributed by atoms with van der Waals surface area (Å²) in [7, 11) is 0. The number of urea groups is 1. The van der Waals surface area contributed by atoms with Gasteiger partial charge in [-0.15, -0.1) is 0 Å². The van der Waals surface area contributed by atoms with Crippen molar-refractivity contribution in [2.24, 2.45) is 0 Å². The molecule has 2 aromatic carbocycles. The summed E-state index contributed by atoms with van der Waals surface area (Å²) in [6.07, 6.45) is 0.888. The van der Waals surface area contributed by atoms with Gasteiger partial charge in [0.25, 0.3) is 5.91 Å². The number of nitrogens with one attached hydrogen (secondary N) is 2. The summed E-state index contributed by atoms with van der Waals surface area (Å²) in [5.41, 5.74) is 1.04. The summed E-state index contributed by atoms with van der Waals surface area (Å²) >= 11 is 0. The average Bonchev–Trinajstić information content (AvgIpc) is 3.49. The Labute approximate surface area is 202 Å². The minimum absolute atomic E-state index is 0.0862. The minimum Gasteiger partial charge on any atom is -0.494 e. The monoisotopic (exact) mass is 481 g/mol. The normalized spacial score (nSPS) is 22.0. The van der Waals surface area contributed by atoms with Gasteiger partial charge in [0.1, 0.15) is 29.7 Å². The summed E-state index contributed by atoms with van der Waals surface area (Å²) < 4.78 is 22.3. The number of benzene rings is 2. The molecule has 35 heavy (non-hydrogen) atoms. The SMILES string of the molecule is CCOc1cc2c(cc1CNC(=O)CN1C(=O)NC(C)(c3ccc4c(c3)OCO4)C1=O)OC(C)C2. The highest BCUT2D eigenvalue weighted by Crippen LogP contribution is 2.38. The van der Waals surface area contributed by atoms with Gasteiger partial charge in [-0.3, -0.25) is 14.5 Å². The van der Waals surface area contributed by atoms with E-state index in [0.29, 0.717) is 29.4 Å². The lowest BCUT2D eigenvalue weighted by Gasteiger charge is -2.22. The molecule has 0 bridgehead atoms. The molecule has 3 aliphatic heterocycles. The van der Waals surface area contributed by atoms with E-state index in [9.17, 15) is 14.4 Å². The van der Waals surface area contributed by atoms with Gasteiger partial charge in [0.05, 0.1) is 6.61 Å². The zero-order valence-corrected chi connectivity index (χ0v) is 19.8. The summed E-state index contributed by atoms with van der Waals surface area (Å²) in [5, 5.41) is 5.48. The van der Waals surface area contributed by atoms with Crippen LogP contribution in [-0.4, -0.2) is 48.8 Å². The number of imide groups is 1. The number of carbonyl (C=O) groups is 3. The lowest BCUT2D eigenvalue weighted by atomic mass is 9.91. The second kappa shape index (κ2) is 8.68. The first-order valence-corrected chi connectivity index (χ1v) is 11.5. The molecule has 2 aromatic rings. The third-order valence-corrected chi connectivity index (χ3v) is 6.38. The van der Waals surface area contributed by atoms with Crippen LogP contribution in [0.25, 0.3) is 0 Å². The first-order chi connectivity index (χ1) is 16.8. The maximum atomic E-state index is 13.2. The van der Waals surface area contributed by atoms with Crippen LogP contribution in [0.2, 0.25) is 0 Å². The molecule has 0 radical (unpaired) electrons. The molecule has 2 unspecified atom stereocenters. The van der Waals surface area contributed by atoms with E-state index in [1.54, 1.807) is 25.1 Å². The van der Waals surface area contributed by atoms with E-state index in [0.717, 1.165) is 28.2 Å². The maximum Gasteiger partial charge on any atom is 0.325 e. The molecule has 2 atom stereocenters. The number of fused-ring (bicyclic) bond motifs is 2. The number of amides is 4. The Balaban J connectivity index is 1.26. The van der Waals surface area contributed by atoms with Crippen molar-refractivity contribution in [2.75, 3.05) is 19.9 Å². The molecule has 4 amide bonds. The molecule has 2 N–H and O–H groups in total. The van der Waals surface area contributed by atoms with Gasteiger partial charge in [0.2, 0.25) is 12.7 Å². The second-order valence-corrected chi connectivity index (χ2v) is 8.92. The molecular weight excluding hydrogens is 454 g/mol. The van der Waals surface area contributed by atoms with Gasteiger partial charge in [0, 0.05) is 24.1 Å². The van der Waals surface area contributed by atoms with Gasteiger partial charge in [0.15, 0.2) is 11.5 Å². The topological polar surface area (TPSA) is 115 Å². The van der Waals surface area contributed by atoms with Crippen molar-refractivity contribution in [2.45, 2.75) is 45.4 Å². The van der Waals surface area contributed by atoms with Gasteiger partial charge in [-0.2, -0.15) is 0 Å². The number of carbonyl (C=O) groups excluding carboxylic acids is 3. The van der Waals surface area contributed by atoms with Crippen molar-refractivity contribution in [3.63, 3.8) is 0 Å². The Morgan fingerprint density at radius 2 is 2.00 bits per heavy atom. The van der Waals surface area contributed by atoms with Crippen LogP contribution in [0.1, 0.15) is 37.5 Å². The molecule has 1 saturated heterocycles. The van der Waals surface area contributed by atoms with Crippen LogP contribution in [0.15, 0.2) is 30.3 Å². The standard InChI is InChI=1S/C25H27N3O7/c1-4-32-19-8-15-7-14(2)35-20(15)9-16(19)11-26-22(29)12-28-23(30)25(3,27-24(28)31)17-5-6-18-21(10-17)34-13-33-18/h5-6,8-10,14H,4,7,11-13H2,1-3H3,(H,26,29)(H,27,31). The maximum absolute atomic E-state index is 13.2. The van der Waals surface area contributed by atoms with Gasteiger partial charge in [-0.05, 0) is 50.6 Å². The zero-order valence-electron chi connectivity index (χ0n) is 19.8. The lowest BCUT2D eigenvalue weighted by Crippen LogP contribution is -2.43. The molecular formula is C25H27N3O7. The van der Waals surface area contributed by atoms with Gasteiger partial charge < -0.3 is 29.6 Å². The fourth-order valence-corrected chi connectivity index (χ4v) is 4.55. The molecule has 0 spiro atoms. The van der Waals surface area contributed by atoms with Crippen molar-refractivity contribution in [1.29, 1.82) is 0 Å². The first kappa shape index (κ1) is 22.8. The van der Waals surface area contributed by atoms with Crippen molar-refractivity contribution in [3.05, 3.63) is 47.0 Å². The van der Waals surface area contributed by atoms with E-state index in [4.69, 9.17) is 18.9 Å². The summed E-state index contributed by atoms with van der Waals surface area (Å²) in [4.78, 5) is 39.5. The van der Waals surface area contributed by atoms with Crippen LogP contribution < -0.4 is 29.6 Å². The van der Waals surface area contributed by atoms with E-state index in [-0.39, 0.29) is 19.4 Å². The highest BCUT2D eigenvalue weighted by Gasteiger charge is 2.49. The molecule has 184 valence electrons. The second-order valence-electron chi connectivity index (χ2n) is 8.92. The molecule has 0 saturated carbocycles. The van der Waals surface area contributed by atoms with Crippen LogP contribution in [0.4, 0.5) is 4.79 Å². The Morgan fingerprint density at radius 1 is 1.20 bits per heavy atom. The predicted molar refractivity (Wildman–Crippen MR) is 123 cm³/mol. The first-order valence-electron chi connectivity index (χ1n) is 11.5. The predicted octanol–water partition coefficient (Wildman–Crippen LogP) is 2.22. The smallest absolute Gasteiger partial charge is 0.325 e. The molecule has 3 aliphatic rings. The molecule has 10 heteroatoms. The van der Waals surface area contributed by atoms with E-state index in [1.165, 1.54) is 0 Å². The van der Waals surface area contributed by atoms with E-state index in [2.05, 4.69) is 10.6 Å². The zero-order chi connectivity index (χ0) is 24.7. The number of ether oxygens (including phenoxy) is 4. The summed E-state index contributed by atoms with van der Waals surface area (Å²) in [5.74, 6) is 1.53. The molecule has 0 aliphatic carbocycles. The van der Waals surface area contributed by atoms with Crippen molar-refractivity contribution >= 4 is 17.8 Å². The van der Waals surface area contributed by atoms with Crippen molar-refractivity contribution < 1.29 is 33.3 Å².